The van der Waals surface area contributed by atoms with Gasteiger partial charge in [-0.25, -0.2) is 8.42 Å². The number of sulfonamides is 1. The molecule has 1 aliphatic rings. The highest BCUT2D eigenvalue weighted by Gasteiger charge is 2.25. The Morgan fingerprint density at radius 1 is 1.09 bits per heavy atom. The van der Waals surface area contributed by atoms with Crippen molar-refractivity contribution >= 4 is 33.4 Å². The predicted molar refractivity (Wildman–Crippen MR) is 126 cm³/mol. The summed E-state index contributed by atoms with van der Waals surface area (Å²) in [5.41, 5.74) is 1.40. The first-order valence-corrected chi connectivity index (χ1v) is 13.3. The van der Waals surface area contributed by atoms with Gasteiger partial charge in [0.15, 0.2) is 11.0 Å². The Bertz CT molecular complexity index is 1210. The van der Waals surface area contributed by atoms with Crippen molar-refractivity contribution < 1.29 is 17.6 Å². The lowest BCUT2D eigenvalue weighted by molar-refractivity contribution is -0.113. The summed E-state index contributed by atoms with van der Waals surface area (Å²) in [7, 11) is -1.67. The van der Waals surface area contributed by atoms with Gasteiger partial charge in [0.25, 0.3) is 0 Å². The number of anilines is 1. The average molecular weight is 490 g/mol. The largest absolute Gasteiger partial charge is 0.469 e. The fraction of sp³-hybridized carbons (Fsp3) is 0.409. The molecule has 1 amide bonds. The first-order valence-electron chi connectivity index (χ1n) is 10.8. The Morgan fingerprint density at radius 3 is 2.42 bits per heavy atom. The van der Waals surface area contributed by atoms with E-state index in [1.165, 1.54) is 11.8 Å². The molecular weight excluding hydrogens is 462 g/mol. The predicted octanol–water partition coefficient (Wildman–Crippen LogP) is 3.68. The highest BCUT2D eigenvalue weighted by molar-refractivity contribution is 7.99. The van der Waals surface area contributed by atoms with Crippen LogP contribution in [0.25, 0.3) is 11.4 Å². The number of aryl methyl sites for hydroxylation is 1. The molecule has 3 aromatic rings. The van der Waals surface area contributed by atoms with E-state index in [1.807, 2.05) is 24.6 Å². The number of hydrogen-bond acceptors (Lipinski definition) is 7. The highest BCUT2D eigenvalue weighted by Crippen LogP contribution is 2.26. The van der Waals surface area contributed by atoms with Crippen LogP contribution >= 0.6 is 11.8 Å². The molecule has 0 bridgehead atoms. The molecule has 11 heteroatoms. The van der Waals surface area contributed by atoms with Crippen molar-refractivity contribution in [2.75, 3.05) is 24.2 Å². The number of furan rings is 1. The molecule has 1 aromatic carbocycles. The zero-order valence-electron chi connectivity index (χ0n) is 18.7. The van der Waals surface area contributed by atoms with Gasteiger partial charge in [-0.3, -0.25) is 4.79 Å². The molecule has 176 valence electrons. The summed E-state index contributed by atoms with van der Waals surface area (Å²) < 4.78 is 34.5. The lowest BCUT2D eigenvalue weighted by Crippen LogP contribution is -2.31. The van der Waals surface area contributed by atoms with Crippen LogP contribution in [0.2, 0.25) is 0 Å². The standard InChI is InChI=1S/C22H27N5O4S2/c1-16-19(11-14-31-16)21-24-25-22(26(21)2)32-15-20(28)23-17-7-9-18(10-8-17)33(29,30)27-12-5-3-4-6-13-27/h7-11,14H,3-6,12-13,15H2,1-2H3,(H,23,28). The molecule has 0 atom stereocenters. The van der Waals surface area contributed by atoms with Crippen LogP contribution in [-0.4, -0.2) is 52.2 Å². The summed E-state index contributed by atoms with van der Waals surface area (Å²) in [6.07, 6.45) is 5.50. The van der Waals surface area contributed by atoms with Gasteiger partial charge >= 0.3 is 0 Å². The van der Waals surface area contributed by atoms with Crippen LogP contribution in [0, 0.1) is 6.92 Å². The number of rotatable bonds is 7. The molecule has 0 aliphatic carbocycles. The van der Waals surface area contributed by atoms with Crippen molar-refractivity contribution in [3.8, 4) is 11.4 Å². The molecule has 33 heavy (non-hydrogen) atoms. The maximum Gasteiger partial charge on any atom is 0.243 e. The fourth-order valence-corrected chi connectivity index (χ4v) is 5.99. The monoisotopic (exact) mass is 489 g/mol. The van der Waals surface area contributed by atoms with E-state index in [9.17, 15) is 13.2 Å². The molecule has 9 nitrogen and oxygen atoms in total. The third-order valence-electron chi connectivity index (χ3n) is 5.61. The van der Waals surface area contributed by atoms with Gasteiger partial charge in [0, 0.05) is 25.8 Å². The molecule has 0 saturated carbocycles. The zero-order chi connectivity index (χ0) is 23.4. The smallest absolute Gasteiger partial charge is 0.243 e. The minimum Gasteiger partial charge on any atom is -0.469 e. The molecule has 1 fully saturated rings. The SMILES string of the molecule is Cc1occc1-c1nnc(SCC(=O)Nc2ccc(S(=O)(=O)N3CCCCCC3)cc2)n1C. The maximum absolute atomic E-state index is 12.9. The summed E-state index contributed by atoms with van der Waals surface area (Å²) in [5, 5.41) is 11.8. The molecule has 2 aromatic heterocycles. The maximum atomic E-state index is 12.9. The van der Waals surface area contributed by atoms with E-state index in [4.69, 9.17) is 4.42 Å². The second-order valence-electron chi connectivity index (χ2n) is 7.94. The third kappa shape index (κ3) is 5.31. The molecule has 4 rings (SSSR count). The van der Waals surface area contributed by atoms with Crippen molar-refractivity contribution in [1.82, 2.24) is 19.1 Å². The van der Waals surface area contributed by atoms with Crippen LogP contribution in [0.1, 0.15) is 31.4 Å². The van der Waals surface area contributed by atoms with E-state index in [2.05, 4.69) is 15.5 Å². The summed E-state index contributed by atoms with van der Waals surface area (Å²) >= 11 is 1.27. The van der Waals surface area contributed by atoms with Gasteiger partial charge in [-0.1, -0.05) is 24.6 Å². The van der Waals surface area contributed by atoms with Crippen molar-refractivity contribution in [3.63, 3.8) is 0 Å². The van der Waals surface area contributed by atoms with E-state index in [-0.39, 0.29) is 16.6 Å². The van der Waals surface area contributed by atoms with Crippen molar-refractivity contribution in [2.45, 2.75) is 42.7 Å². The quantitative estimate of drug-likeness (QED) is 0.504. The van der Waals surface area contributed by atoms with E-state index in [1.54, 1.807) is 34.8 Å². The number of amides is 1. The lowest BCUT2D eigenvalue weighted by Gasteiger charge is -2.20. The number of hydrogen-bond donors (Lipinski definition) is 1. The minimum atomic E-state index is -3.51. The average Bonchev–Trinajstić information content (AvgIpc) is 3.25. The van der Waals surface area contributed by atoms with Gasteiger partial charge in [0.05, 0.1) is 22.5 Å². The zero-order valence-corrected chi connectivity index (χ0v) is 20.3. The van der Waals surface area contributed by atoms with Gasteiger partial charge in [-0.2, -0.15) is 4.31 Å². The summed E-state index contributed by atoms with van der Waals surface area (Å²) in [5.74, 6) is 1.35. The molecule has 3 heterocycles. The number of benzene rings is 1. The number of carbonyl (C=O) groups is 1. The number of carbonyl (C=O) groups excluding carboxylic acids is 1. The van der Waals surface area contributed by atoms with Gasteiger partial charge < -0.3 is 14.3 Å². The van der Waals surface area contributed by atoms with Gasteiger partial charge in [-0.05, 0) is 50.1 Å². The minimum absolute atomic E-state index is 0.143. The van der Waals surface area contributed by atoms with E-state index in [0.29, 0.717) is 29.8 Å². The number of thioether (sulfide) groups is 1. The van der Waals surface area contributed by atoms with E-state index >= 15 is 0 Å². The van der Waals surface area contributed by atoms with Crippen LogP contribution in [0.4, 0.5) is 5.69 Å². The van der Waals surface area contributed by atoms with E-state index in [0.717, 1.165) is 37.0 Å². The Balaban J connectivity index is 1.35. The molecular formula is C22H27N5O4S2. The number of nitrogens with zero attached hydrogens (tertiary/aromatic N) is 4. The number of nitrogens with one attached hydrogen (secondary N) is 1. The fourth-order valence-electron chi connectivity index (χ4n) is 3.76. The number of aromatic nitrogens is 3. The molecule has 0 radical (unpaired) electrons. The summed E-state index contributed by atoms with van der Waals surface area (Å²) in [6, 6.07) is 8.16. The second-order valence-corrected chi connectivity index (χ2v) is 10.8. The summed E-state index contributed by atoms with van der Waals surface area (Å²) in [4.78, 5) is 12.7. The van der Waals surface area contributed by atoms with Gasteiger partial charge in [-0.15, -0.1) is 10.2 Å². The van der Waals surface area contributed by atoms with Crippen molar-refractivity contribution in [3.05, 3.63) is 42.4 Å². The van der Waals surface area contributed by atoms with Crippen LogP contribution in [0.5, 0.6) is 0 Å². The molecule has 0 unspecified atom stereocenters. The van der Waals surface area contributed by atoms with Gasteiger partial charge in [0.1, 0.15) is 5.76 Å². The Labute approximate surface area is 197 Å². The topological polar surface area (TPSA) is 110 Å². The van der Waals surface area contributed by atoms with Crippen LogP contribution in [0.3, 0.4) is 0 Å². The second kappa shape index (κ2) is 10.1. The Kier molecular flexibility index (Phi) is 7.20. The van der Waals surface area contributed by atoms with Crippen molar-refractivity contribution in [1.29, 1.82) is 0 Å². The first-order chi connectivity index (χ1) is 15.9. The first kappa shape index (κ1) is 23.5. The highest BCUT2D eigenvalue weighted by atomic mass is 32.2. The Morgan fingerprint density at radius 2 is 1.79 bits per heavy atom. The molecule has 1 aliphatic heterocycles. The van der Waals surface area contributed by atoms with Crippen LogP contribution in [0.15, 0.2) is 51.1 Å². The van der Waals surface area contributed by atoms with E-state index < -0.39 is 10.0 Å². The third-order valence-corrected chi connectivity index (χ3v) is 8.54. The normalized spacial score (nSPS) is 15.3. The summed E-state index contributed by atoms with van der Waals surface area (Å²) in [6.45, 7) is 2.97. The van der Waals surface area contributed by atoms with Gasteiger partial charge in [0.2, 0.25) is 15.9 Å². The molecule has 1 N–H and O–H groups in total. The lowest BCUT2D eigenvalue weighted by atomic mass is 10.2. The van der Waals surface area contributed by atoms with Crippen molar-refractivity contribution in [2.24, 2.45) is 7.05 Å². The van der Waals surface area contributed by atoms with Crippen LogP contribution in [-0.2, 0) is 21.9 Å². The molecule has 1 saturated heterocycles. The Hall–Kier alpha value is -2.63. The van der Waals surface area contributed by atoms with Crippen LogP contribution < -0.4 is 5.32 Å². The molecule has 0 spiro atoms.